The summed E-state index contributed by atoms with van der Waals surface area (Å²) in [6.07, 6.45) is 8.77. The van der Waals surface area contributed by atoms with Gasteiger partial charge in [0.05, 0.1) is 18.2 Å². The molecule has 2 aliphatic carbocycles. The van der Waals surface area contributed by atoms with Crippen LogP contribution in [0.5, 0.6) is 0 Å². The van der Waals surface area contributed by atoms with E-state index in [1.165, 1.54) is 5.56 Å². The molecule has 1 heterocycles. The summed E-state index contributed by atoms with van der Waals surface area (Å²) in [5.41, 5.74) is 3.28. The van der Waals surface area contributed by atoms with Crippen LogP contribution < -0.4 is 14.9 Å². The molecular weight excluding hydrogens is 526 g/mol. The molecule has 1 atom stereocenters. The lowest BCUT2D eigenvalue weighted by atomic mass is 9.88. The third-order valence-electron chi connectivity index (χ3n) is 8.62. The highest BCUT2D eigenvalue weighted by Crippen LogP contribution is 2.36. The Labute approximate surface area is 237 Å². The van der Waals surface area contributed by atoms with Crippen molar-refractivity contribution < 1.29 is 22.7 Å². The largest absolute Gasteiger partial charge is 0.466 e. The SMILES string of the molecule is CCOC(=O)C1CCN(c2ccc(NC(=O)C3CCCCC3)cc2S(=O)(=O)NC2CCCc3ccccc32)CC1. The van der Waals surface area contributed by atoms with Crippen LogP contribution >= 0.6 is 0 Å². The highest BCUT2D eigenvalue weighted by Gasteiger charge is 2.32. The van der Waals surface area contributed by atoms with Gasteiger partial charge in [-0.3, -0.25) is 9.59 Å². The number of fused-ring (bicyclic) bond motifs is 1. The van der Waals surface area contributed by atoms with Crippen LogP contribution in [0.3, 0.4) is 0 Å². The van der Waals surface area contributed by atoms with Crippen LogP contribution in [-0.4, -0.2) is 40.0 Å². The fourth-order valence-corrected chi connectivity index (χ4v) is 7.92. The zero-order chi connectivity index (χ0) is 28.1. The lowest BCUT2D eigenvalue weighted by Gasteiger charge is -2.34. The first-order valence-electron chi connectivity index (χ1n) is 14.8. The van der Waals surface area contributed by atoms with E-state index in [2.05, 4.69) is 16.1 Å². The maximum Gasteiger partial charge on any atom is 0.309 e. The number of esters is 1. The van der Waals surface area contributed by atoms with Gasteiger partial charge in [-0.15, -0.1) is 0 Å². The standard InChI is InChI=1S/C31H41N3O5S/c1-2-39-31(36)24-17-19-34(20-18-24)28-16-15-25(32-30(35)23-10-4-3-5-11-23)21-29(28)40(37,38)33-27-14-8-12-22-9-6-7-13-26(22)27/h6-7,9,13,15-16,21,23-24,27,33H,2-5,8,10-12,14,17-20H2,1H3,(H,32,35). The number of aryl methyl sites for hydroxylation is 1. The van der Waals surface area contributed by atoms with Crippen LogP contribution in [0.15, 0.2) is 47.4 Å². The van der Waals surface area contributed by atoms with E-state index in [-0.39, 0.29) is 34.6 Å². The number of carbonyl (C=O) groups is 2. The fourth-order valence-electron chi connectivity index (χ4n) is 6.42. The normalized spacial score (nSPS) is 20.5. The molecule has 0 radical (unpaired) electrons. The Bertz CT molecular complexity index is 1310. The number of carbonyl (C=O) groups excluding carboxylic acids is 2. The number of hydrogen-bond donors (Lipinski definition) is 2. The van der Waals surface area contributed by atoms with E-state index in [0.717, 1.165) is 56.9 Å². The lowest BCUT2D eigenvalue weighted by molar-refractivity contribution is -0.148. The summed E-state index contributed by atoms with van der Waals surface area (Å²) in [4.78, 5) is 27.5. The fraction of sp³-hybridized carbons (Fsp3) is 0.548. The molecule has 0 spiro atoms. The molecule has 0 aromatic heterocycles. The molecule has 1 amide bonds. The van der Waals surface area contributed by atoms with Gasteiger partial charge in [-0.1, -0.05) is 43.5 Å². The molecule has 1 saturated carbocycles. The van der Waals surface area contributed by atoms with Crippen LogP contribution in [-0.2, 0) is 30.8 Å². The van der Waals surface area contributed by atoms with Gasteiger partial charge in [0, 0.05) is 30.7 Å². The minimum atomic E-state index is -3.94. The van der Waals surface area contributed by atoms with Crippen molar-refractivity contribution in [3.8, 4) is 0 Å². The molecule has 1 saturated heterocycles. The van der Waals surface area contributed by atoms with Gasteiger partial charge < -0.3 is 15.0 Å². The second-order valence-electron chi connectivity index (χ2n) is 11.3. The van der Waals surface area contributed by atoms with Crippen LogP contribution in [0.25, 0.3) is 0 Å². The molecule has 9 heteroatoms. The number of anilines is 2. The molecule has 216 valence electrons. The molecule has 0 bridgehead atoms. The molecule has 3 aliphatic rings. The van der Waals surface area contributed by atoms with Crippen molar-refractivity contribution in [2.75, 3.05) is 29.9 Å². The van der Waals surface area contributed by atoms with Crippen LogP contribution in [0.4, 0.5) is 11.4 Å². The maximum absolute atomic E-state index is 14.0. The van der Waals surface area contributed by atoms with Crippen molar-refractivity contribution >= 4 is 33.3 Å². The summed E-state index contributed by atoms with van der Waals surface area (Å²) in [7, 11) is -3.94. The summed E-state index contributed by atoms with van der Waals surface area (Å²) in [5.74, 6) is -0.442. The predicted octanol–water partition coefficient (Wildman–Crippen LogP) is 5.34. The average Bonchev–Trinajstić information content (AvgIpc) is 2.98. The molecule has 2 aromatic carbocycles. The third-order valence-corrected chi connectivity index (χ3v) is 10.1. The van der Waals surface area contributed by atoms with E-state index in [9.17, 15) is 18.0 Å². The van der Waals surface area contributed by atoms with E-state index in [4.69, 9.17) is 4.74 Å². The van der Waals surface area contributed by atoms with Gasteiger partial charge in [0.15, 0.2) is 0 Å². The molecule has 40 heavy (non-hydrogen) atoms. The Morgan fingerprint density at radius 2 is 1.68 bits per heavy atom. The smallest absolute Gasteiger partial charge is 0.309 e. The van der Waals surface area contributed by atoms with E-state index >= 15 is 0 Å². The number of hydrogen-bond acceptors (Lipinski definition) is 6. The minimum Gasteiger partial charge on any atom is -0.466 e. The van der Waals surface area contributed by atoms with E-state index in [1.54, 1.807) is 25.1 Å². The van der Waals surface area contributed by atoms with E-state index < -0.39 is 10.0 Å². The van der Waals surface area contributed by atoms with Gasteiger partial charge in [-0.25, -0.2) is 13.1 Å². The predicted molar refractivity (Wildman–Crippen MR) is 156 cm³/mol. The topological polar surface area (TPSA) is 105 Å². The number of nitrogens with zero attached hydrogens (tertiary/aromatic N) is 1. The Kier molecular flexibility index (Phi) is 9.10. The maximum atomic E-state index is 14.0. The lowest BCUT2D eigenvalue weighted by Crippen LogP contribution is -2.38. The number of nitrogens with one attached hydrogen (secondary N) is 2. The molecule has 1 unspecified atom stereocenters. The van der Waals surface area contributed by atoms with E-state index in [0.29, 0.717) is 43.9 Å². The minimum absolute atomic E-state index is 0.0350. The van der Waals surface area contributed by atoms with Crippen molar-refractivity contribution in [1.29, 1.82) is 0 Å². The van der Waals surface area contributed by atoms with Crippen LogP contribution in [0.2, 0.25) is 0 Å². The average molecular weight is 568 g/mol. The summed E-state index contributed by atoms with van der Waals surface area (Å²) < 4.78 is 36.3. The molecular formula is C31H41N3O5S. The Morgan fingerprint density at radius 3 is 2.42 bits per heavy atom. The Balaban J connectivity index is 1.42. The Morgan fingerprint density at radius 1 is 0.925 bits per heavy atom. The number of benzene rings is 2. The third kappa shape index (κ3) is 6.52. The summed E-state index contributed by atoms with van der Waals surface area (Å²) >= 11 is 0. The van der Waals surface area contributed by atoms with Crippen LogP contribution in [0.1, 0.15) is 81.9 Å². The van der Waals surface area contributed by atoms with Gasteiger partial charge >= 0.3 is 5.97 Å². The molecule has 2 fully saturated rings. The zero-order valence-corrected chi connectivity index (χ0v) is 24.2. The van der Waals surface area contributed by atoms with Crippen molar-refractivity contribution in [2.45, 2.75) is 82.1 Å². The molecule has 2 aromatic rings. The number of amides is 1. The van der Waals surface area contributed by atoms with Crippen molar-refractivity contribution in [3.05, 3.63) is 53.6 Å². The summed E-state index contributed by atoms with van der Waals surface area (Å²) in [6.45, 7) is 3.25. The van der Waals surface area contributed by atoms with Crippen molar-refractivity contribution in [3.63, 3.8) is 0 Å². The van der Waals surface area contributed by atoms with Crippen molar-refractivity contribution in [1.82, 2.24) is 4.72 Å². The van der Waals surface area contributed by atoms with E-state index in [1.807, 2.05) is 23.1 Å². The highest BCUT2D eigenvalue weighted by molar-refractivity contribution is 7.89. The molecule has 5 rings (SSSR count). The zero-order valence-electron chi connectivity index (χ0n) is 23.4. The molecule has 8 nitrogen and oxygen atoms in total. The first-order chi connectivity index (χ1) is 19.4. The van der Waals surface area contributed by atoms with Gasteiger partial charge in [0.1, 0.15) is 4.90 Å². The number of rotatable bonds is 8. The first-order valence-corrected chi connectivity index (χ1v) is 16.3. The van der Waals surface area contributed by atoms with Gasteiger partial charge in [-0.05, 0) is 81.2 Å². The molecule has 1 aliphatic heterocycles. The number of ether oxygens (including phenoxy) is 1. The first kappa shape index (κ1) is 28.6. The van der Waals surface area contributed by atoms with Crippen LogP contribution in [0, 0.1) is 11.8 Å². The number of sulfonamides is 1. The summed E-state index contributed by atoms with van der Waals surface area (Å²) in [5, 5.41) is 3.00. The quantitative estimate of drug-likeness (QED) is 0.417. The van der Waals surface area contributed by atoms with Gasteiger partial charge in [0.2, 0.25) is 15.9 Å². The summed E-state index contributed by atoms with van der Waals surface area (Å²) in [6, 6.07) is 12.9. The number of piperidine rings is 1. The monoisotopic (exact) mass is 567 g/mol. The second kappa shape index (κ2) is 12.7. The highest BCUT2D eigenvalue weighted by atomic mass is 32.2. The molecule has 2 N–H and O–H groups in total. The Hall–Kier alpha value is -2.91. The second-order valence-corrected chi connectivity index (χ2v) is 13.0. The van der Waals surface area contributed by atoms with Gasteiger partial charge in [0.25, 0.3) is 0 Å². The van der Waals surface area contributed by atoms with Gasteiger partial charge in [-0.2, -0.15) is 0 Å². The van der Waals surface area contributed by atoms with Crippen molar-refractivity contribution in [2.24, 2.45) is 11.8 Å².